The third-order valence-corrected chi connectivity index (χ3v) is 2.90. The molecule has 0 saturated carbocycles. The predicted octanol–water partition coefficient (Wildman–Crippen LogP) is 0.363. The third kappa shape index (κ3) is 1.48. The number of hydrogen-bond acceptors (Lipinski definition) is 4. The number of urea groups is 1. The lowest BCUT2D eigenvalue weighted by molar-refractivity contribution is -0.120. The third-order valence-electron chi connectivity index (χ3n) is 2.90. The van der Waals surface area contributed by atoms with Gasteiger partial charge in [-0.25, -0.2) is 9.78 Å². The van der Waals surface area contributed by atoms with E-state index in [0.717, 1.165) is 0 Å². The second-order valence-electron chi connectivity index (χ2n) is 4.02. The molecule has 3 amide bonds. The number of amides is 3. The van der Waals surface area contributed by atoms with E-state index in [9.17, 15) is 9.59 Å². The molecule has 7 heteroatoms. The lowest BCUT2D eigenvalue weighted by Gasteiger charge is -2.26. The Hall–Kier alpha value is -2.57. The summed E-state index contributed by atoms with van der Waals surface area (Å²) in [6.07, 6.45) is 3.62. The zero-order valence-electron chi connectivity index (χ0n) is 9.46. The van der Waals surface area contributed by atoms with Gasteiger partial charge in [-0.1, -0.05) is 0 Å². The van der Waals surface area contributed by atoms with E-state index < -0.39 is 6.03 Å². The van der Waals surface area contributed by atoms with Crippen LogP contribution in [-0.2, 0) is 4.79 Å². The molecule has 0 spiro atoms. The fourth-order valence-electron chi connectivity index (χ4n) is 2.03. The van der Waals surface area contributed by atoms with E-state index in [2.05, 4.69) is 10.3 Å². The molecule has 18 heavy (non-hydrogen) atoms. The van der Waals surface area contributed by atoms with Crippen molar-refractivity contribution in [2.75, 3.05) is 17.2 Å². The van der Waals surface area contributed by atoms with Gasteiger partial charge in [-0.3, -0.25) is 19.4 Å². The molecule has 0 unspecified atom stereocenters. The van der Waals surface area contributed by atoms with Gasteiger partial charge >= 0.3 is 6.03 Å². The Morgan fingerprint density at radius 2 is 2.17 bits per heavy atom. The fraction of sp³-hybridized carbons (Fsp3) is 0.182. The Morgan fingerprint density at radius 1 is 1.33 bits per heavy atom. The minimum absolute atomic E-state index is 0.258. The number of rotatable bonds is 1. The summed E-state index contributed by atoms with van der Waals surface area (Å²) in [7, 11) is 0. The molecule has 0 radical (unpaired) electrons. The van der Waals surface area contributed by atoms with Crippen molar-refractivity contribution in [3.63, 3.8) is 0 Å². The molecule has 1 saturated heterocycles. The summed E-state index contributed by atoms with van der Waals surface area (Å²) >= 11 is 0. The van der Waals surface area contributed by atoms with Gasteiger partial charge in [0.15, 0.2) is 5.65 Å². The average molecular weight is 245 g/mol. The number of nitrogens with one attached hydrogen (secondary N) is 1. The highest BCUT2D eigenvalue weighted by atomic mass is 16.2. The first kappa shape index (κ1) is 10.6. The van der Waals surface area contributed by atoms with Gasteiger partial charge < -0.3 is 5.73 Å². The number of anilines is 2. The van der Waals surface area contributed by atoms with Crippen molar-refractivity contribution in [1.29, 1.82) is 0 Å². The molecule has 1 aliphatic rings. The summed E-state index contributed by atoms with van der Waals surface area (Å²) in [4.78, 5) is 28.6. The summed E-state index contributed by atoms with van der Waals surface area (Å²) in [5.74, 6) is 0.283. The van der Waals surface area contributed by atoms with Crippen LogP contribution in [0.15, 0.2) is 24.5 Å². The monoisotopic (exact) mass is 245 g/mol. The molecule has 0 aliphatic carbocycles. The van der Waals surface area contributed by atoms with E-state index in [0.29, 0.717) is 23.7 Å². The molecule has 2 aromatic heterocycles. The van der Waals surface area contributed by atoms with Crippen molar-refractivity contribution in [2.45, 2.75) is 6.42 Å². The first-order valence-corrected chi connectivity index (χ1v) is 5.50. The largest absolute Gasteiger partial charge is 0.385 e. The number of imide groups is 1. The maximum atomic E-state index is 11.8. The van der Waals surface area contributed by atoms with Crippen LogP contribution in [0.2, 0.25) is 0 Å². The van der Waals surface area contributed by atoms with Gasteiger partial charge in [0.05, 0.1) is 5.69 Å². The van der Waals surface area contributed by atoms with Gasteiger partial charge in [-0.05, 0) is 12.1 Å². The Morgan fingerprint density at radius 3 is 2.94 bits per heavy atom. The van der Waals surface area contributed by atoms with Crippen LogP contribution in [0, 0.1) is 0 Å². The summed E-state index contributed by atoms with van der Waals surface area (Å²) in [5.41, 5.74) is 7.04. The van der Waals surface area contributed by atoms with Gasteiger partial charge in [0.2, 0.25) is 5.91 Å². The molecule has 0 atom stereocenters. The zero-order chi connectivity index (χ0) is 12.7. The molecule has 3 heterocycles. The van der Waals surface area contributed by atoms with Crippen molar-refractivity contribution in [3.8, 4) is 0 Å². The molecule has 3 rings (SSSR count). The minimum atomic E-state index is -0.430. The van der Waals surface area contributed by atoms with Crippen LogP contribution in [0.5, 0.6) is 0 Å². The summed E-state index contributed by atoms with van der Waals surface area (Å²) in [6.45, 7) is 0.344. The number of carbonyl (C=O) groups is 2. The SMILES string of the molecule is Nc1ccc(N2CCC(=O)NC2=O)c2nccn12. The highest BCUT2D eigenvalue weighted by molar-refractivity contribution is 6.07. The van der Waals surface area contributed by atoms with Crippen molar-refractivity contribution in [3.05, 3.63) is 24.5 Å². The summed E-state index contributed by atoms with van der Waals surface area (Å²) in [5, 5.41) is 2.28. The molecular weight excluding hydrogens is 234 g/mol. The number of nitrogens with two attached hydrogens (primary N) is 1. The van der Waals surface area contributed by atoms with Gasteiger partial charge in [0.1, 0.15) is 5.82 Å². The Labute approximate surface area is 102 Å². The van der Waals surface area contributed by atoms with Crippen molar-refractivity contribution in [1.82, 2.24) is 14.7 Å². The van der Waals surface area contributed by atoms with Crippen LogP contribution in [0.3, 0.4) is 0 Å². The fourth-order valence-corrected chi connectivity index (χ4v) is 2.03. The average Bonchev–Trinajstić information content (AvgIpc) is 2.81. The number of fused-ring (bicyclic) bond motifs is 1. The molecule has 2 aromatic rings. The Kier molecular flexibility index (Phi) is 2.19. The predicted molar refractivity (Wildman–Crippen MR) is 65.1 cm³/mol. The van der Waals surface area contributed by atoms with E-state index in [1.165, 1.54) is 4.90 Å². The van der Waals surface area contributed by atoms with E-state index in [1.54, 1.807) is 28.9 Å². The number of aromatic nitrogens is 2. The first-order chi connectivity index (χ1) is 8.66. The van der Waals surface area contributed by atoms with Crippen LogP contribution < -0.4 is 16.0 Å². The molecule has 1 fully saturated rings. The van der Waals surface area contributed by atoms with Crippen molar-refractivity contribution >= 4 is 29.1 Å². The highest BCUT2D eigenvalue weighted by Crippen LogP contribution is 2.24. The lowest BCUT2D eigenvalue weighted by atomic mass is 10.2. The number of nitrogen functional groups attached to an aromatic ring is 1. The van der Waals surface area contributed by atoms with Crippen molar-refractivity contribution in [2.24, 2.45) is 0 Å². The number of carbonyl (C=O) groups excluding carboxylic acids is 2. The van der Waals surface area contributed by atoms with Crippen LogP contribution in [0.25, 0.3) is 5.65 Å². The van der Waals surface area contributed by atoms with Gasteiger partial charge in [-0.15, -0.1) is 0 Å². The van der Waals surface area contributed by atoms with Gasteiger partial charge in [0.25, 0.3) is 0 Å². The second kappa shape index (κ2) is 3.73. The van der Waals surface area contributed by atoms with Gasteiger partial charge in [-0.2, -0.15) is 0 Å². The number of nitrogens with zero attached hydrogens (tertiary/aromatic N) is 3. The van der Waals surface area contributed by atoms with E-state index >= 15 is 0 Å². The molecule has 7 nitrogen and oxygen atoms in total. The molecule has 92 valence electrons. The van der Waals surface area contributed by atoms with Gasteiger partial charge in [0, 0.05) is 25.4 Å². The summed E-state index contributed by atoms with van der Waals surface area (Å²) in [6, 6.07) is 3.00. The van der Waals surface area contributed by atoms with Crippen LogP contribution in [-0.4, -0.2) is 27.9 Å². The van der Waals surface area contributed by atoms with Crippen molar-refractivity contribution < 1.29 is 9.59 Å². The standard InChI is InChI=1S/C11H11N5O2/c12-8-2-1-7(10-13-4-6-16(8)10)15-5-3-9(17)14-11(15)18/h1-2,4,6H,3,5,12H2,(H,14,17,18). The van der Waals surface area contributed by atoms with Crippen LogP contribution >= 0.6 is 0 Å². The Balaban J connectivity index is 2.09. The number of pyridine rings is 1. The number of imidazole rings is 1. The molecule has 3 N–H and O–H groups in total. The molecule has 0 aromatic carbocycles. The first-order valence-electron chi connectivity index (χ1n) is 5.50. The number of hydrogen-bond donors (Lipinski definition) is 2. The minimum Gasteiger partial charge on any atom is -0.385 e. The zero-order valence-corrected chi connectivity index (χ0v) is 9.46. The van der Waals surface area contributed by atoms with E-state index in [1.807, 2.05) is 0 Å². The van der Waals surface area contributed by atoms with Crippen LogP contribution in [0.4, 0.5) is 16.3 Å². The Bertz CT molecular complexity index is 648. The van der Waals surface area contributed by atoms with E-state index in [4.69, 9.17) is 5.73 Å². The molecule has 1 aliphatic heterocycles. The second-order valence-corrected chi connectivity index (χ2v) is 4.02. The quantitative estimate of drug-likeness (QED) is 0.758. The lowest BCUT2D eigenvalue weighted by Crippen LogP contribution is -2.49. The molecule has 0 bridgehead atoms. The maximum absolute atomic E-state index is 11.8. The summed E-state index contributed by atoms with van der Waals surface area (Å²) < 4.78 is 1.69. The van der Waals surface area contributed by atoms with E-state index in [-0.39, 0.29) is 12.3 Å². The smallest absolute Gasteiger partial charge is 0.328 e. The normalized spacial score (nSPS) is 16.1. The molecular formula is C11H11N5O2. The maximum Gasteiger partial charge on any atom is 0.328 e. The highest BCUT2D eigenvalue weighted by Gasteiger charge is 2.26. The van der Waals surface area contributed by atoms with Crippen LogP contribution in [0.1, 0.15) is 6.42 Å². The topological polar surface area (TPSA) is 92.7 Å².